The summed E-state index contributed by atoms with van der Waals surface area (Å²) in [6, 6.07) is 5.80. The van der Waals surface area contributed by atoms with Crippen LogP contribution in [0.25, 0.3) is 11.1 Å². The van der Waals surface area contributed by atoms with Gasteiger partial charge in [-0.05, 0) is 38.0 Å². The van der Waals surface area contributed by atoms with E-state index in [1.165, 1.54) is 0 Å². The quantitative estimate of drug-likeness (QED) is 0.785. The summed E-state index contributed by atoms with van der Waals surface area (Å²) in [6.07, 6.45) is 0.753. The minimum atomic E-state index is 0.500. The molecule has 1 N–H and O–H groups in total. The van der Waals surface area contributed by atoms with Crippen molar-refractivity contribution in [2.24, 2.45) is 0 Å². The summed E-state index contributed by atoms with van der Waals surface area (Å²) < 4.78 is 5.27. The van der Waals surface area contributed by atoms with Gasteiger partial charge in [0, 0.05) is 10.7 Å². The largest absolute Gasteiger partial charge is 0.339 e. The number of benzene rings is 1. The van der Waals surface area contributed by atoms with E-state index in [9.17, 15) is 0 Å². The number of nitrogens with zero attached hydrogens (tertiary/aromatic N) is 3. The summed E-state index contributed by atoms with van der Waals surface area (Å²) in [5, 5.41) is 8.86. The van der Waals surface area contributed by atoms with E-state index in [0.717, 1.165) is 28.8 Å². The van der Waals surface area contributed by atoms with Gasteiger partial charge in [-0.3, -0.25) is 0 Å². The van der Waals surface area contributed by atoms with Gasteiger partial charge in [-0.25, -0.2) is 4.98 Å². The van der Waals surface area contributed by atoms with E-state index >= 15 is 0 Å². The zero-order chi connectivity index (χ0) is 15.0. The van der Waals surface area contributed by atoms with Gasteiger partial charge in [-0.2, -0.15) is 4.98 Å². The Morgan fingerprint density at radius 1 is 1.24 bits per heavy atom. The molecule has 0 saturated heterocycles. The molecule has 1 aromatic carbocycles. The number of aromatic nitrogens is 3. The number of hydrogen-bond donors (Lipinski definition) is 1. The number of hydrogen-bond acceptors (Lipinski definition) is 5. The Balaban J connectivity index is 2.10. The summed E-state index contributed by atoms with van der Waals surface area (Å²) >= 11 is 6.16. The van der Waals surface area contributed by atoms with Crippen LogP contribution in [0.5, 0.6) is 0 Å². The van der Waals surface area contributed by atoms with Gasteiger partial charge in [-0.1, -0.05) is 29.7 Å². The lowest BCUT2D eigenvalue weighted by Gasteiger charge is -2.09. The zero-order valence-corrected chi connectivity index (χ0v) is 12.8. The predicted molar refractivity (Wildman–Crippen MR) is 83.2 cm³/mol. The normalized spacial score (nSPS) is 11.0. The van der Waals surface area contributed by atoms with Crippen molar-refractivity contribution in [3.8, 4) is 0 Å². The molecule has 2 heterocycles. The zero-order valence-electron chi connectivity index (χ0n) is 12.1. The molecule has 3 rings (SSSR count). The first-order chi connectivity index (χ1) is 10.1. The first kappa shape index (κ1) is 13.8. The summed E-state index contributed by atoms with van der Waals surface area (Å²) in [5.41, 5.74) is 3.24. The second-order valence-electron chi connectivity index (χ2n) is 4.87. The summed E-state index contributed by atoms with van der Waals surface area (Å²) in [6.45, 7) is 5.80. The lowest BCUT2D eigenvalue weighted by atomic mass is 10.2. The molecule has 6 heteroatoms. The van der Waals surface area contributed by atoms with Gasteiger partial charge in [0.25, 0.3) is 5.71 Å². The van der Waals surface area contributed by atoms with Crippen molar-refractivity contribution in [2.75, 3.05) is 5.32 Å². The summed E-state index contributed by atoms with van der Waals surface area (Å²) in [7, 11) is 0. The Kier molecular flexibility index (Phi) is 3.51. The van der Waals surface area contributed by atoms with Gasteiger partial charge < -0.3 is 9.84 Å². The van der Waals surface area contributed by atoms with Gasteiger partial charge >= 0.3 is 0 Å². The molecule has 0 aliphatic carbocycles. The molecule has 0 unspecified atom stereocenters. The molecule has 0 aliphatic rings. The second-order valence-corrected chi connectivity index (χ2v) is 5.28. The van der Waals surface area contributed by atoms with E-state index in [2.05, 4.69) is 20.4 Å². The van der Waals surface area contributed by atoms with E-state index in [0.29, 0.717) is 22.4 Å². The van der Waals surface area contributed by atoms with E-state index in [-0.39, 0.29) is 0 Å². The average molecular weight is 303 g/mol. The highest BCUT2D eigenvalue weighted by atomic mass is 35.5. The van der Waals surface area contributed by atoms with Crippen LogP contribution in [0.15, 0.2) is 22.7 Å². The fourth-order valence-electron chi connectivity index (χ4n) is 2.16. The Morgan fingerprint density at radius 3 is 2.76 bits per heavy atom. The van der Waals surface area contributed by atoms with Crippen molar-refractivity contribution in [3.05, 3.63) is 40.3 Å². The molecule has 0 saturated carbocycles. The second kappa shape index (κ2) is 5.33. The molecule has 5 nitrogen and oxygen atoms in total. The fourth-order valence-corrected chi connectivity index (χ4v) is 2.34. The van der Waals surface area contributed by atoms with Crippen LogP contribution in [0.4, 0.5) is 11.5 Å². The topological polar surface area (TPSA) is 63.8 Å². The molecular formula is C15H15ClN4O. The highest BCUT2D eigenvalue weighted by Gasteiger charge is 2.15. The van der Waals surface area contributed by atoms with Crippen molar-refractivity contribution in [1.29, 1.82) is 0 Å². The van der Waals surface area contributed by atoms with E-state index in [4.69, 9.17) is 16.1 Å². The predicted octanol–water partition coefficient (Wildman–Crippen LogP) is 4.19. The van der Waals surface area contributed by atoms with Gasteiger partial charge in [0.05, 0.1) is 5.69 Å². The third-order valence-electron chi connectivity index (χ3n) is 3.29. The van der Waals surface area contributed by atoms with Crippen LogP contribution >= 0.6 is 11.6 Å². The monoisotopic (exact) mass is 302 g/mol. The van der Waals surface area contributed by atoms with Crippen molar-refractivity contribution in [3.63, 3.8) is 0 Å². The highest BCUT2D eigenvalue weighted by Crippen LogP contribution is 2.28. The van der Waals surface area contributed by atoms with E-state index in [1.54, 1.807) is 0 Å². The molecule has 0 amide bonds. The van der Waals surface area contributed by atoms with Crippen molar-refractivity contribution < 1.29 is 4.52 Å². The molecule has 0 radical (unpaired) electrons. The average Bonchev–Trinajstić information content (AvgIpc) is 2.86. The van der Waals surface area contributed by atoms with Gasteiger partial charge in [-0.15, -0.1) is 0 Å². The molecule has 108 valence electrons. The minimum absolute atomic E-state index is 0.500. The Hall–Kier alpha value is -2.14. The Morgan fingerprint density at radius 2 is 2.05 bits per heavy atom. The van der Waals surface area contributed by atoms with Crippen LogP contribution in [0.2, 0.25) is 5.02 Å². The first-order valence-electron chi connectivity index (χ1n) is 6.74. The Bertz CT molecular complexity index is 813. The molecule has 0 spiro atoms. The molecule has 21 heavy (non-hydrogen) atoms. The molecular weight excluding hydrogens is 288 g/mol. The maximum Gasteiger partial charge on any atom is 0.263 e. The smallest absolute Gasteiger partial charge is 0.263 e. The molecule has 3 aromatic rings. The third-order valence-corrected chi connectivity index (χ3v) is 3.70. The van der Waals surface area contributed by atoms with Crippen LogP contribution in [0.1, 0.15) is 24.0 Å². The number of nitrogens with one attached hydrogen (secondary N) is 1. The van der Waals surface area contributed by atoms with Gasteiger partial charge in [0.15, 0.2) is 0 Å². The molecule has 0 aliphatic heterocycles. The molecule has 0 atom stereocenters. The standard InChI is InChI=1S/C15H15ClN4O/c1-4-12-13-14(17-9(3)18-15(13)21-20-12)19-10-6-5-8(2)11(16)7-10/h5-7H,4H2,1-3H3,(H,17,18,19). The van der Waals surface area contributed by atoms with Crippen LogP contribution in [-0.2, 0) is 6.42 Å². The number of halogens is 1. The number of rotatable bonds is 3. The maximum atomic E-state index is 6.16. The van der Waals surface area contributed by atoms with Crippen LogP contribution in [0.3, 0.4) is 0 Å². The van der Waals surface area contributed by atoms with Gasteiger partial charge in [0.2, 0.25) is 0 Å². The SMILES string of the molecule is CCc1noc2nc(C)nc(Nc3ccc(C)c(Cl)c3)c12. The van der Waals surface area contributed by atoms with Gasteiger partial charge in [0.1, 0.15) is 17.0 Å². The summed E-state index contributed by atoms with van der Waals surface area (Å²) in [4.78, 5) is 8.74. The van der Waals surface area contributed by atoms with Crippen molar-refractivity contribution in [2.45, 2.75) is 27.2 Å². The van der Waals surface area contributed by atoms with E-state index < -0.39 is 0 Å². The number of anilines is 2. The lowest BCUT2D eigenvalue weighted by Crippen LogP contribution is -1.99. The number of fused-ring (bicyclic) bond motifs is 1. The van der Waals surface area contributed by atoms with E-state index in [1.807, 2.05) is 39.0 Å². The maximum absolute atomic E-state index is 6.16. The highest BCUT2D eigenvalue weighted by molar-refractivity contribution is 6.31. The molecule has 0 fully saturated rings. The van der Waals surface area contributed by atoms with Crippen LogP contribution < -0.4 is 5.32 Å². The van der Waals surface area contributed by atoms with Crippen LogP contribution in [-0.4, -0.2) is 15.1 Å². The number of aryl methyl sites for hydroxylation is 3. The van der Waals surface area contributed by atoms with Crippen molar-refractivity contribution >= 4 is 34.2 Å². The Labute approximate surface area is 127 Å². The van der Waals surface area contributed by atoms with Crippen LogP contribution in [0, 0.1) is 13.8 Å². The third kappa shape index (κ3) is 2.56. The molecule has 0 bridgehead atoms. The first-order valence-corrected chi connectivity index (χ1v) is 7.12. The molecule has 2 aromatic heterocycles. The van der Waals surface area contributed by atoms with Crippen molar-refractivity contribution in [1.82, 2.24) is 15.1 Å². The fraction of sp³-hybridized carbons (Fsp3) is 0.267. The lowest BCUT2D eigenvalue weighted by molar-refractivity contribution is 0.439. The summed E-state index contributed by atoms with van der Waals surface area (Å²) in [5.74, 6) is 1.32. The minimum Gasteiger partial charge on any atom is -0.339 e.